The van der Waals surface area contributed by atoms with E-state index in [9.17, 15) is 4.79 Å². The molecule has 108 valence electrons. The van der Waals surface area contributed by atoms with Crippen molar-refractivity contribution >= 4 is 5.91 Å². The van der Waals surface area contributed by atoms with Gasteiger partial charge in [-0.25, -0.2) is 0 Å². The lowest BCUT2D eigenvalue weighted by molar-refractivity contribution is -0.124. The number of carbonyl (C=O) groups excluding carboxylic acids is 1. The number of hydrogen-bond donors (Lipinski definition) is 2. The van der Waals surface area contributed by atoms with Crippen LogP contribution < -0.4 is 11.1 Å². The molecule has 0 aromatic carbocycles. The first kappa shape index (κ1) is 13.3. The SMILES string of the molecule is NC1(CC(=O)NCC2CN3CCCC3CO2)CCC1. The lowest BCUT2D eigenvalue weighted by atomic mass is 9.75. The summed E-state index contributed by atoms with van der Waals surface area (Å²) in [7, 11) is 0. The van der Waals surface area contributed by atoms with Crippen molar-refractivity contribution in [1.29, 1.82) is 0 Å². The van der Waals surface area contributed by atoms with E-state index in [0.717, 1.165) is 32.4 Å². The van der Waals surface area contributed by atoms with Gasteiger partial charge in [0.05, 0.1) is 12.7 Å². The van der Waals surface area contributed by atoms with Gasteiger partial charge in [-0.3, -0.25) is 9.69 Å². The Balaban J connectivity index is 1.38. The molecule has 1 amide bonds. The van der Waals surface area contributed by atoms with Gasteiger partial charge in [-0.15, -0.1) is 0 Å². The van der Waals surface area contributed by atoms with Crippen LogP contribution in [0.15, 0.2) is 0 Å². The highest BCUT2D eigenvalue weighted by Gasteiger charge is 2.35. The van der Waals surface area contributed by atoms with Crippen LogP contribution in [0, 0.1) is 0 Å². The lowest BCUT2D eigenvalue weighted by Crippen LogP contribution is -2.52. The second kappa shape index (κ2) is 5.38. The van der Waals surface area contributed by atoms with Crippen molar-refractivity contribution in [3.05, 3.63) is 0 Å². The average molecular weight is 267 g/mol. The first-order valence-electron chi connectivity index (χ1n) is 7.56. The number of nitrogens with one attached hydrogen (secondary N) is 1. The Morgan fingerprint density at radius 1 is 1.42 bits per heavy atom. The molecule has 1 saturated carbocycles. The van der Waals surface area contributed by atoms with Crippen LogP contribution in [0.2, 0.25) is 0 Å². The van der Waals surface area contributed by atoms with Gasteiger partial charge in [0, 0.05) is 31.1 Å². The molecule has 0 radical (unpaired) electrons. The van der Waals surface area contributed by atoms with Crippen LogP contribution in [0.4, 0.5) is 0 Å². The van der Waals surface area contributed by atoms with E-state index in [2.05, 4.69) is 10.2 Å². The molecular weight excluding hydrogens is 242 g/mol. The molecule has 2 heterocycles. The predicted octanol–water partition coefficient (Wildman–Crippen LogP) is 0.237. The molecule has 19 heavy (non-hydrogen) atoms. The van der Waals surface area contributed by atoms with E-state index in [1.807, 2.05) is 0 Å². The van der Waals surface area contributed by atoms with E-state index in [1.54, 1.807) is 0 Å². The molecule has 0 bridgehead atoms. The molecule has 0 spiro atoms. The van der Waals surface area contributed by atoms with Crippen LogP contribution in [0.25, 0.3) is 0 Å². The van der Waals surface area contributed by atoms with Gasteiger partial charge in [0.15, 0.2) is 0 Å². The van der Waals surface area contributed by atoms with E-state index in [-0.39, 0.29) is 17.6 Å². The topological polar surface area (TPSA) is 67.6 Å². The van der Waals surface area contributed by atoms with Crippen molar-refractivity contribution in [3.63, 3.8) is 0 Å². The zero-order valence-electron chi connectivity index (χ0n) is 11.6. The summed E-state index contributed by atoms with van der Waals surface area (Å²) in [5, 5.41) is 2.99. The minimum Gasteiger partial charge on any atom is -0.373 e. The third-order valence-electron chi connectivity index (χ3n) is 4.85. The number of rotatable bonds is 4. The molecule has 2 saturated heterocycles. The van der Waals surface area contributed by atoms with Gasteiger partial charge < -0.3 is 15.8 Å². The van der Waals surface area contributed by atoms with Gasteiger partial charge in [-0.1, -0.05) is 0 Å². The molecule has 3 aliphatic rings. The summed E-state index contributed by atoms with van der Waals surface area (Å²) in [6.45, 7) is 3.59. The van der Waals surface area contributed by atoms with Crippen molar-refractivity contribution in [2.75, 3.05) is 26.2 Å². The average Bonchev–Trinajstić information content (AvgIpc) is 2.81. The van der Waals surface area contributed by atoms with Gasteiger partial charge in [-0.05, 0) is 38.6 Å². The standard InChI is InChI=1S/C14H25N3O2/c15-14(4-2-5-14)7-13(18)16-8-12-9-17-6-1-3-11(17)10-19-12/h11-12H,1-10,15H2,(H,16,18). The number of nitrogens with two attached hydrogens (primary N) is 1. The van der Waals surface area contributed by atoms with Gasteiger partial charge in [0.2, 0.25) is 5.91 Å². The third-order valence-corrected chi connectivity index (χ3v) is 4.85. The lowest BCUT2D eigenvalue weighted by Gasteiger charge is -2.38. The van der Waals surface area contributed by atoms with Crippen molar-refractivity contribution in [2.45, 2.75) is 56.2 Å². The van der Waals surface area contributed by atoms with Crippen molar-refractivity contribution in [3.8, 4) is 0 Å². The van der Waals surface area contributed by atoms with Crippen LogP contribution >= 0.6 is 0 Å². The molecule has 2 aliphatic heterocycles. The Bertz CT molecular complexity index is 344. The zero-order valence-corrected chi connectivity index (χ0v) is 11.6. The Morgan fingerprint density at radius 3 is 3.00 bits per heavy atom. The van der Waals surface area contributed by atoms with Crippen LogP contribution in [0.5, 0.6) is 0 Å². The van der Waals surface area contributed by atoms with E-state index in [4.69, 9.17) is 10.5 Å². The Hall–Kier alpha value is -0.650. The fraction of sp³-hybridized carbons (Fsp3) is 0.929. The second-order valence-electron chi connectivity index (χ2n) is 6.44. The molecule has 2 unspecified atom stereocenters. The Labute approximate surface area is 114 Å². The summed E-state index contributed by atoms with van der Waals surface area (Å²) in [6.07, 6.45) is 6.27. The molecule has 3 rings (SSSR count). The number of fused-ring (bicyclic) bond motifs is 1. The highest BCUT2D eigenvalue weighted by Crippen LogP contribution is 2.31. The van der Waals surface area contributed by atoms with E-state index in [0.29, 0.717) is 19.0 Å². The van der Waals surface area contributed by atoms with Crippen LogP contribution in [-0.4, -0.2) is 54.7 Å². The number of ether oxygens (including phenoxy) is 1. The summed E-state index contributed by atoms with van der Waals surface area (Å²) in [4.78, 5) is 14.4. The highest BCUT2D eigenvalue weighted by atomic mass is 16.5. The molecular formula is C14H25N3O2. The molecule has 3 fully saturated rings. The van der Waals surface area contributed by atoms with Crippen molar-refractivity contribution in [2.24, 2.45) is 5.73 Å². The smallest absolute Gasteiger partial charge is 0.221 e. The van der Waals surface area contributed by atoms with E-state index in [1.165, 1.54) is 19.4 Å². The van der Waals surface area contributed by atoms with E-state index >= 15 is 0 Å². The molecule has 3 N–H and O–H groups in total. The number of hydrogen-bond acceptors (Lipinski definition) is 4. The molecule has 5 nitrogen and oxygen atoms in total. The molecule has 2 atom stereocenters. The second-order valence-corrected chi connectivity index (χ2v) is 6.44. The monoisotopic (exact) mass is 267 g/mol. The molecule has 0 aromatic rings. The fourth-order valence-electron chi connectivity index (χ4n) is 3.43. The normalized spacial score (nSPS) is 33.5. The van der Waals surface area contributed by atoms with Crippen LogP contribution in [0.3, 0.4) is 0 Å². The minimum atomic E-state index is -0.225. The summed E-state index contributed by atoms with van der Waals surface area (Å²) in [5.74, 6) is 0.0781. The number of amides is 1. The maximum atomic E-state index is 11.9. The maximum absolute atomic E-state index is 11.9. The quantitative estimate of drug-likeness (QED) is 0.765. The fourth-order valence-corrected chi connectivity index (χ4v) is 3.43. The number of carbonyl (C=O) groups is 1. The van der Waals surface area contributed by atoms with E-state index < -0.39 is 0 Å². The first-order valence-corrected chi connectivity index (χ1v) is 7.56. The van der Waals surface area contributed by atoms with Crippen molar-refractivity contribution in [1.82, 2.24) is 10.2 Å². The number of morpholine rings is 1. The molecule has 1 aliphatic carbocycles. The highest BCUT2D eigenvalue weighted by molar-refractivity contribution is 5.77. The summed E-state index contributed by atoms with van der Waals surface area (Å²) >= 11 is 0. The predicted molar refractivity (Wildman–Crippen MR) is 72.7 cm³/mol. The van der Waals surface area contributed by atoms with Gasteiger partial charge in [-0.2, -0.15) is 0 Å². The summed E-state index contributed by atoms with van der Waals surface area (Å²) < 4.78 is 5.83. The Kier molecular flexibility index (Phi) is 3.78. The zero-order chi connectivity index (χ0) is 13.3. The van der Waals surface area contributed by atoms with Gasteiger partial charge >= 0.3 is 0 Å². The van der Waals surface area contributed by atoms with Crippen LogP contribution in [-0.2, 0) is 9.53 Å². The molecule has 5 heteroatoms. The van der Waals surface area contributed by atoms with Gasteiger partial charge in [0.1, 0.15) is 0 Å². The first-order chi connectivity index (χ1) is 9.15. The largest absolute Gasteiger partial charge is 0.373 e. The summed E-state index contributed by atoms with van der Waals surface area (Å²) in [6, 6.07) is 0.620. The molecule has 0 aromatic heterocycles. The Morgan fingerprint density at radius 2 is 2.26 bits per heavy atom. The third kappa shape index (κ3) is 3.09. The van der Waals surface area contributed by atoms with Crippen LogP contribution in [0.1, 0.15) is 38.5 Å². The summed E-state index contributed by atoms with van der Waals surface area (Å²) in [5.41, 5.74) is 5.86. The maximum Gasteiger partial charge on any atom is 0.221 e. The minimum absolute atomic E-state index is 0.0781. The number of nitrogens with zero attached hydrogens (tertiary/aromatic N) is 1. The van der Waals surface area contributed by atoms with Crippen molar-refractivity contribution < 1.29 is 9.53 Å². The van der Waals surface area contributed by atoms with Gasteiger partial charge in [0.25, 0.3) is 0 Å².